The van der Waals surface area contributed by atoms with Gasteiger partial charge < -0.3 is 4.74 Å². The molecule has 0 unspecified atom stereocenters. The second kappa shape index (κ2) is 9.93. The molecule has 1 saturated heterocycles. The SMILES string of the molecule is O=C1/C(=C/c2cc(Cl)ccc2OCc2cccc(Cl)c2)SC(=S)N1c1cccc([N+](=O)[O-])c1. The van der Waals surface area contributed by atoms with Crippen molar-refractivity contribution in [3.63, 3.8) is 0 Å². The minimum Gasteiger partial charge on any atom is -0.488 e. The quantitative estimate of drug-likeness (QED) is 0.154. The van der Waals surface area contributed by atoms with E-state index in [0.29, 0.717) is 32.0 Å². The number of thioether (sulfide) groups is 1. The monoisotopic (exact) mass is 516 g/mol. The number of non-ortho nitro benzene ring substituents is 1. The summed E-state index contributed by atoms with van der Waals surface area (Å²) < 4.78 is 6.23. The second-order valence-electron chi connectivity index (χ2n) is 6.89. The van der Waals surface area contributed by atoms with Crippen molar-refractivity contribution in [1.29, 1.82) is 0 Å². The highest BCUT2D eigenvalue weighted by molar-refractivity contribution is 8.27. The molecule has 0 bridgehead atoms. The number of ether oxygens (including phenoxy) is 1. The van der Waals surface area contributed by atoms with E-state index in [1.807, 2.05) is 12.1 Å². The van der Waals surface area contributed by atoms with Crippen LogP contribution in [0.1, 0.15) is 11.1 Å². The number of hydrogen-bond donors (Lipinski definition) is 0. The molecule has 1 amide bonds. The number of rotatable bonds is 6. The number of nitro benzene ring substituents is 1. The lowest BCUT2D eigenvalue weighted by molar-refractivity contribution is -0.384. The average molecular weight is 517 g/mol. The smallest absolute Gasteiger partial charge is 0.271 e. The third-order valence-corrected chi connectivity index (χ3v) is 6.41. The van der Waals surface area contributed by atoms with Crippen LogP contribution in [0.4, 0.5) is 11.4 Å². The van der Waals surface area contributed by atoms with Crippen molar-refractivity contribution >= 4 is 74.9 Å². The molecule has 1 heterocycles. The van der Waals surface area contributed by atoms with Crippen LogP contribution in [0.2, 0.25) is 10.0 Å². The summed E-state index contributed by atoms with van der Waals surface area (Å²) in [6.07, 6.45) is 1.65. The van der Waals surface area contributed by atoms with E-state index < -0.39 is 4.92 Å². The normalized spacial score (nSPS) is 14.7. The standard InChI is InChI=1S/C23H14Cl2N2O4S2/c24-16-4-1-3-14(9-16)13-31-20-8-7-17(25)10-15(20)11-21-22(28)26(23(32)33-21)18-5-2-6-19(12-18)27(29)30/h1-12H,13H2/b21-11-. The lowest BCUT2D eigenvalue weighted by Gasteiger charge is -2.14. The van der Waals surface area contributed by atoms with Crippen molar-refractivity contribution in [3.05, 3.63) is 103 Å². The van der Waals surface area contributed by atoms with E-state index in [1.165, 1.54) is 23.1 Å². The first kappa shape index (κ1) is 23.3. The molecule has 0 spiro atoms. The molecule has 0 saturated carbocycles. The van der Waals surface area contributed by atoms with Crippen LogP contribution in [0.25, 0.3) is 6.08 Å². The zero-order valence-electron chi connectivity index (χ0n) is 16.7. The van der Waals surface area contributed by atoms with Crippen LogP contribution >= 0.6 is 47.2 Å². The Morgan fingerprint density at radius 2 is 1.82 bits per heavy atom. The molecule has 3 aromatic rings. The molecule has 1 aliphatic heterocycles. The van der Waals surface area contributed by atoms with Gasteiger partial charge in [0, 0.05) is 27.7 Å². The summed E-state index contributed by atoms with van der Waals surface area (Å²) in [6, 6.07) is 18.2. The predicted molar refractivity (Wildman–Crippen MR) is 136 cm³/mol. The fourth-order valence-electron chi connectivity index (χ4n) is 3.13. The topological polar surface area (TPSA) is 72.7 Å². The van der Waals surface area contributed by atoms with Gasteiger partial charge in [0.1, 0.15) is 12.4 Å². The van der Waals surface area contributed by atoms with Crippen molar-refractivity contribution in [2.45, 2.75) is 6.61 Å². The van der Waals surface area contributed by atoms with E-state index in [0.717, 1.165) is 17.3 Å². The molecular weight excluding hydrogens is 503 g/mol. The van der Waals surface area contributed by atoms with Crippen LogP contribution in [-0.2, 0) is 11.4 Å². The number of thiocarbonyl (C=S) groups is 1. The highest BCUT2D eigenvalue weighted by Gasteiger charge is 2.34. The summed E-state index contributed by atoms with van der Waals surface area (Å²) in [5.74, 6) is 0.145. The lowest BCUT2D eigenvalue weighted by atomic mass is 10.1. The van der Waals surface area contributed by atoms with E-state index in [-0.39, 0.29) is 22.5 Å². The van der Waals surface area contributed by atoms with Gasteiger partial charge in [-0.2, -0.15) is 0 Å². The van der Waals surface area contributed by atoms with Gasteiger partial charge >= 0.3 is 0 Å². The molecule has 1 aliphatic rings. The minimum atomic E-state index is -0.521. The summed E-state index contributed by atoms with van der Waals surface area (Å²) in [4.78, 5) is 25.3. The number of halogens is 2. The third kappa shape index (κ3) is 5.36. The van der Waals surface area contributed by atoms with Crippen molar-refractivity contribution in [2.24, 2.45) is 0 Å². The first-order valence-corrected chi connectivity index (χ1v) is 11.5. The molecule has 10 heteroatoms. The molecule has 0 aliphatic carbocycles. The molecule has 1 fully saturated rings. The Morgan fingerprint density at radius 1 is 1.06 bits per heavy atom. The van der Waals surface area contributed by atoms with Crippen molar-refractivity contribution < 1.29 is 14.5 Å². The summed E-state index contributed by atoms with van der Waals surface area (Å²) >= 11 is 18.7. The maximum atomic E-state index is 13.1. The van der Waals surface area contributed by atoms with Gasteiger partial charge in [-0.15, -0.1) is 0 Å². The van der Waals surface area contributed by atoms with Gasteiger partial charge in [-0.05, 0) is 48.0 Å². The van der Waals surface area contributed by atoms with Gasteiger partial charge in [0.2, 0.25) is 0 Å². The Labute approximate surface area is 208 Å². The van der Waals surface area contributed by atoms with Crippen LogP contribution < -0.4 is 9.64 Å². The van der Waals surface area contributed by atoms with Gasteiger partial charge in [0.15, 0.2) is 4.32 Å². The Hall–Kier alpha value is -2.91. The van der Waals surface area contributed by atoms with E-state index in [1.54, 1.807) is 42.5 Å². The lowest BCUT2D eigenvalue weighted by Crippen LogP contribution is -2.27. The van der Waals surface area contributed by atoms with Crippen molar-refractivity contribution in [1.82, 2.24) is 0 Å². The number of carbonyl (C=O) groups is 1. The molecule has 33 heavy (non-hydrogen) atoms. The fourth-order valence-corrected chi connectivity index (χ4v) is 4.81. The minimum absolute atomic E-state index is 0.128. The zero-order chi connectivity index (χ0) is 23.5. The predicted octanol–water partition coefficient (Wildman–Crippen LogP) is 6.89. The van der Waals surface area contributed by atoms with Crippen molar-refractivity contribution in [3.8, 4) is 5.75 Å². The largest absolute Gasteiger partial charge is 0.488 e. The fraction of sp³-hybridized carbons (Fsp3) is 0.0435. The van der Waals surface area contributed by atoms with Crippen molar-refractivity contribution in [2.75, 3.05) is 4.90 Å². The summed E-state index contributed by atoms with van der Waals surface area (Å²) in [7, 11) is 0. The number of benzene rings is 3. The number of nitrogens with zero attached hydrogens (tertiary/aromatic N) is 2. The van der Waals surface area contributed by atoms with Crippen LogP contribution in [0, 0.1) is 10.1 Å². The Morgan fingerprint density at radius 3 is 2.58 bits per heavy atom. The van der Waals surface area contributed by atoms with Gasteiger partial charge in [0.25, 0.3) is 11.6 Å². The number of anilines is 1. The van der Waals surface area contributed by atoms with Crippen LogP contribution in [-0.4, -0.2) is 15.2 Å². The van der Waals surface area contributed by atoms with Gasteiger partial charge in [-0.25, -0.2) is 0 Å². The highest BCUT2D eigenvalue weighted by Crippen LogP contribution is 2.38. The number of hydrogen-bond acceptors (Lipinski definition) is 6. The highest BCUT2D eigenvalue weighted by atomic mass is 35.5. The molecule has 0 aromatic heterocycles. The zero-order valence-corrected chi connectivity index (χ0v) is 19.9. The summed E-state index contributed by atoms with van der Waals surface area (Å²) in [5, 5.41) is 12.2. The Balaban J connectivity index is 1.62. The molecule has 0 radical (unpaired) electrons. The summed E-state index contributed by atoms with van der Waals surface area (Å²) in [6.45, 7) is 0.275. The molecule has 4 rings (SSSR count). The number of amides is 1. The molecule has 166 valence electrons. The molecule has 0 N–H and O–H groups in total. The Kier molecular flexibility index (Phi) is 6.99. The maximum absolute atomic E-state index is 13.1. The molecule has 6 nitrogen and oxygen atoms in total. The number of carbonyl (C=O) groups excluding carboxylic acids is 1. The second-order valence-corrected chi connectivity index (χ2v) is 9.44. The van der Waals surface area contributed by atoms with E-state index in [9.17, 15) is 14.9 Å². The average Bonchev–Trinajstić information content (AvgIpc) is 3.06. The van der Waals surface area contributed by atoms with Gasteiger partial charge in [-0.3, -0.25) is 19.8 Å². The third-order valence-electron chi connectivity index (χ3n) is 4.63. The van der Waals surface area contributed by atoms with Gasteiger partial charge in [-0.1, -0.05) is 65.4 Å². The van der Waals surface area contributed by atoms with Crippen LogP contribution in [0.5, 0.6) is 5.75 Å². The Bertz CT molecular complexity index is 1310. The molecule has 0 atom stereocenters. The van der Waals surface area contributed by atoms with Gasteiger partial charge in [0.05, 0.1) is 15.5 Å². The first-order valence-electron chi connectivity index (χ1n) is 9.51. The number of nitro groups is 1. The first-order chi connectivity index (χ1) is 15.8. The van der Waals surface area contributed by atoms with E-state index in [2.05, 4.69) is 0 Å². The molecule has 3 aromatic carbocycles. The van der Waals surface area contributed by atoms with E-state index >= 15 is 0 Å². The molecular formula is C23H14Cl2N2O4S2. The van der Waals surface area contributed by atoms with Crippen LogP contribution in [0.3, 0.4) is 0 Å². The van der Waals surface area contributed by atoms with Crippen LogP contribution in [0.15, 0.2) is 71.6 Å². The van der Waals surface area contributed by atoms with E-state index in [4.69, 9.17) is 40.2 Å². The maximum Gasteiger partial charge on any atom is 0.271 e. The summed E-state index contributed by atoms with van der Waals surface area (Å²) in [5.41, 5.74) is 1.69.